The van der Waals surface area contributed by atoms with Crippen LogP contribution in [0.3, 0.4) is 0 Å². The number of amides is 1. The van der Waals surface area contributed by atoms with Crippen molar-refractivity contribution in [3.8, 4) is 0 Å². The van der Waals surface area contributed by atoms with Crippen molar-refractivity contribution in [1.29, 1.82) is 0 Å². The number of hydrogen-bond acceptors (Lipinski definition) is 3. The highest BCUT2D eigenvalue weighted by Crippen LogP contribution is 2.31. The van der Waals surface area contributed by atoms with Crippen LogP contribution in [0.25, 0.3) is 0 Å². The molecule has 6 heteroatoms. The van der Waals surface area contributed by atoms with Gasteiger partial charge in [-0.2, -0.15) is 0 Å². The largest absolute Gasteiger partial charge is 0.352 e. The second-order valence-corrected chi connectivity index (χ2v) is 8.86. The Hall–Kier alpha value is -1.82. The van der Waals surface area contributed by atoms with E-state index in [0.717, 1.165) is 24.8 Å². The summed E-state index contributed by atoms with van der Waals surface area (Å²) in [5.74, 6) is 0.000796. The van der Waals surface area contributed by atoms with Gasteiger partial charge in [-0.25, -0.2) is 8.42 Å². The van der Waals surface area contributed by atoms with E-state index in [9.17, 15) is 13.2 Å². The van der Waals surface area contributed by atoms with Gasteiger partial charge in [0.25, 0.3) is 5.91 Å². The number of carbonyl (C=O) groups is 1. The first-order chi connectivity index (χ1) is 12.0. The summed E-state index contributed by atoms with van der Waals surface area (Å²) in [6, 6.07) is 5.31. The van der Waals surface area contributed by atoms with Gasteiger partial charge in [-0.15, -0.1) is 0 Å². The van der Waals surface area contributed by atoms with Gasteiger partial charge in [0.15, 0.2) is 0 Å². The fraction of sp³-hybridized carbons (Fsp3) is 0.526. The highest BCUT2D eigenvalue weighted by atomic mass is 32.2. The third kappa shape index (κ3) is 4.06. The van der Waals surface area contributed by atoms with Gasteiger partial charge in [-0.3, -0.25) is 9.10 Å². The molecule has 0 unspecified atom stereocenters. The summed E-state index contributed by atoms with van der Waals surface area (Å²) in [5, 5.41) is 2.98. The molecule has 1 aliphatic heterocycles. The standard InChI is InChI=1S/C19H26N2O3S/c1-2-25(23,24)21-13-11-16-14-17(8-9-18(16)21)19(22)20-12-10-15-6-4-3-5-7-15/h6,8-9,14H,2-5,7,10-13H2,1H3,(H,20,22). The first kappa shape index (κ1) is 18.0. The number of allylic oxidation sites excluding steroid dienone is 1. The lowest BCUT2D eigenvalue weighted by atomic mass is 9.97. The lowest BCUT2D eigenvalue weighted by molar-refractivity contribution is 0.0954. The number of benzene rings is 1. The number of hydrogen-bond donors (Lipinski definition) is 1. The Kier molecular flexibility index (Phi) is 5.47. The zero-order valence-electron chi connectivity index (χ0n) is 14.8. The van der Waals surface area contributed by atoms with Crippen molar-refractivity contribution in [3.63, 3.8) is 0 Å². The fourth-order valence-corrected chi connectivity index (χ4v) is 4.69. The molecule has 0 bridgehead atoms. The van der Waals surface area contributed by atoms with Crippen molar-refractivity contribution in [2.24, 2.45) is 0 Å². The molecule has 3 rings (SSSR count). The summed E-state index contributed by atoms with van der Waals surface area (Å²) in [6.45, 7) is 2.76. The van der Waals surface area contributed by atoms with Crippen LogP contribution in [0.2, 0.25) is 0 Å². The zero-order valence-corrected chi connectivity index (χ0v) is 15.6. The SMILES string of the molecule is CCS(=O)(=O)N1CCc2cc(C(=O)NCCC3=CCCCC3)ccc21. The maximum Gasteiger partial charge on any atom is 0.251 e. The number of sulfonamides is 1. The third-order valence-corrected chi connectivity index (χ3v) is 6.79. The Morgan fingerprint density at radius 2 is 2.08 bits per heavy atom. The summed E-state index contributed by atoms with van der Waals surface area (Å²) < 4.78 is 25.7. The van der Waals surface area contributed by atoms with Gasteiger partial charge in [-0.1, -0.05) is 11.6 Å². The van der Waals surface area contributed by atoms with Gasteiger partial charge >= 0.3 is 0 Å². The van der Waals surface area contributed by atoms with E-state index < -0.39 is 10.0 Å². The molecule has 136 valence electrons. The second-order valence-electron chi connectivity index (χ2n) is 6.68. The van der Waals surface area contributed by atoms with Gasteiger partial charge in [0.05, 0.1) is 11.4 Å². The number of rotatable bonds is 6. The van der Waals surface area contributed by atoms with Crippen LogP contribution < -0.4 is 9.62 Å². The Labute approximate surface area is 150 Å². The van der Waals surface area contributed by atoms with E-state index in [1.54, 1.807) is 19.1 Å². The van der Waals surface area contributed by atoms with E-state index in [1.165, 1.54) is 22.7 Å². The molecule has 0 atom stereocenters. The molecule has 1 aromatic carbocycles. The molecule has 1 amide bonds. The predicted octanol–water partition coefficient (Wildman–Crippen LogP) is 3.02. The van der Waals surface area contributed by atoms with E-state index in [1.807, 2.05) is 6.07 Å². The maximum atomic E-state index is 12.4. The third-order valence-electron chi connectivity index (χ3n) is 5.01. The summed E-state index contributed by atoms with van der Waals surface area (Å²) >= 11 is 0. The molecule has 1 heterocycles. The molecule has 0 radical (unpaired) electrons. The van der Waals surface area contributed by atoms with Crippen LogP contribution in [0.1, 0.15) is 54.9 Å². The number of nitrogens with one attached hydrogen (secondary N) is 1. The monoisotopic (exact) mass is 362 g/mol. The Morgan fingerprint density at radius 3 is 2.80 bits per heavy atom. The molecular formula is C19H26N2O3S. The molecule has 0 fully saturated rings. The van der Waals surface area contributed by atoms with Gasteiger partial charge in [-0.05, 0) is 69.2 Å². The Balaban J connectivity index is 1.62. The average molecular weight is 362 g/mol. The molecular weight excluding hydrogens is 336 g/mol. The van der Waals surface area contributed by atoms with Crippen molar-refractivity contribution in [2.75, 3.05) is 23.1 Å². The molecule has 1 aliphatic carbocycles. The Bertz CT molecular complexity index is 784. The minimum atomic E-state index is -3.24. The molecule has 25 heavy (non-hydrogen) atoms. The van der Waals surface area contributed by atoms with Crippen LogP contribution in [0, 0.1) is 0 Å². The van der Waals surface area contributed by atoms with E-state index >= 15 is 0 Å². The summed E-state index contributed by atoms with van der Waals surface area (Å²) in [7, 11) is -3.24. The first-order valence-corrected chi connectivity index (χ1v) is 10.7. The number of nitrogens with zero attached hydrogens (tertiary/aromatic N) is 1. The molecule has 2 aliphatic rings. The fourth-order valence-electron chi connectivity index (χ4n) is 3.53. The van der Waals surface area contributed by atoms with Crippen LogP contribution in [0.4, 0.5) is 5.69 Å². The molecule has 0 saturated heterocycles. The van der Waals surface area contributed by atoms with Crippen LogP contribution in [0.5, 0.6) is 0 Å². The second kappa shape index (κ2) is 7.60. The van der Waals surface area contributed by atoms with Crippen LogP contribution in [-0.4, -0.2) is 33.2 Å². The van der Waals surface area contributed by atoms with Crippen LogP contribution >= 0.6 is 0 Å². The van der Waals surface area contributed by atoms with Gasteiger partial charge in [0.2, 0.25) is 10.0 Å². The minimum absolute atomic E-state index is 0.0870. The summed E-state index contributed by atoms with van der Waals surface area (Å²) in [4.78, 5) is 12.4. The molecule has 1 N–H and O–H groups in total. The molecule has 0 aromatic heterocycles. The van der Waals surface area contributed by atoms with Gasteiger partial charge in [0.1, 0.15) is 0 Å². The average Bonchev–Trinajstić information content (AvgIpc) is 3.06. The number of fused-ring (bicyclic) bond motifs is 1. The number of anilines is 1. The quantitative estimate of drug-likeness (QED) is 0.791. The molecule has 0 saturated carbocycles. The maximum absolute atomic E-state index is 12.4. The van der Waals surface area contributed by atoms with Gasteiger partial charge in [0, 0.05) is 18.7 Å². The van der Waals surface area contributed by atoms with Gasteiger partial charge < -0.3 is 5.32 Å². The zero-order chi connectivity index (χ0) is 17.9. The van der Waals surface area contributed by atoms with Crippen LogP contribution in [0.15, 0.2) is 29.8 Å². The van der Waals surface area contributed by atoms with E-state index in [-0.39, 0.29) is 11.7 Å². The smallest absolute Gasteiger partial charge is 0.251 e. The molecule has 1 aromatic rings. The minimum Gasteiger partial charge on any atom is -0.352 e. The van der Waals surface area contributed by atoms with Crippen LogP contribution in [-0.2, 0) is 16.4 Å². The van der Waals surface area contributed by atoms with Crippen molar-refractivity contribution in [2.45, 2.75) is 45.4 Å². The highest BCUT2D eigenvalue weighted by Gasteiger charge is 2.28. The predicted molar refractivity (Wildman–Crippen MR) is 100 cm³/mol. The Morgan fingerprint density at radius 1 is 1.24 bits per heavy atom. The molecule has 5 nitrogen and oxygen atoms in total. The van der Waals surface area contributed by atoms with E-state index in [4.69, 9.17) is 0 Å². The first-order valence-electron chi connectivity index (χ1n) is 9.10. The van der Waals surface area contributed by atoms with Crippen molar-refractivity contribution in [1.82, 2.24) is 5.32 Å². The van der Waals surface area contributed by atoms with Crippen molar-refractivity contribution >= 4 is 21.6 Å². The summed E-state index contributed by atoms with van der Waals surface area (Å²) in [5.41, 5.74) is 3.69. The number of carbonyl (C=O) groups excluding carboxylic acids is 1. The van der Waals surface area contributed by atoms with E-state index in [0.29, 0.717) is 30.8 Å². The summed E-state index contributed by atoms with van der Waals surface area (Å²) in [6.07, 6.45) is 8.70. The lowest BCUT2D eigenvalue weighted by Gasteiger charge is -2.18. The lowest BCUT2D eigenvalue weighted by Crippen LogP contribution is -2.30. The topological polar surface area (TPSA) is 66.5 Å². The van der Waals surface area contributed by atoms with E-state index in [2.05, 4.69) is 11.4 Å². The van der Waals surface area contributed by atoms with Crippen molar-refractivity contribution in [3.05, 3.63) is 41.0 Å². The molecule has 0 spiro atoms. The van der Waals surface area contributed by atoms with Crippen molar-refractivity contribution < 1.29 is 13.2 Å². The highest BCUT2D eigenvalue weighted by molar-refractivity contribution is 7.92. The normalized spacial score (nSPS) is 17.2.